The van der Waals surface area contributed by atoms with Gasteiger partial charge in [0.25, 0.3) is 10.0 Å². The number of rotatable bonds is 7. The Hall–Kier alpha value is -3.53. The molecule has 1 aliphatic rings. The number of hydrogen-bond donors (Lipinski definition) is 0. The van der Waals surface area contributed by atoms with Crippen LogP contribution in [0.5, 0.6) is 5.75 Å². The van der Waals surface area contributed by atoms with Crippen LogP contribution in [-0.4, -0.2) is 73.4 Å². The highest BCUT2D eigenvalue weighted by Crippen LogP contribution is 2.39. The lowest BCUT2D eigenvalue weighted by atomic mass is 10.1. The molecule has 0 aliphatic carbocycles. The number of nitrogens with zero attached hydrogens (tertiary/aromatic N) is 5. The molecule has 0 radical (unpaired) electrons. The van der Waals surface area contributed by atoms with Crippen molar-refractivity contribution in [1.29, 1.82) is 5.26 Å². The second-order valence-corrected chi connectivity index (χ2v) is 13.1. The first-order chi connectivity index (χ1) is 17.7. The fourth-order valence-corrected chi connectivity index (χ4v) is 6.69. The Morgan fingerprint density at radius 2 is 1.78 bits per heavy atom. The Morgan fingerprint density at radius 3 is 2.46 bits per heavy atom. The number of piperidine rings is 1. The largest absolute Gasteiger partial charge is 0.487 e. The van der Waals surface area contributed by atoms with Gasteiger partial charge in [0.1, 0.15) is 22.0 Å². The number of nitriles is 1. The molecule has 4 aromatic rings. The first-order valence-electron chi connectivity index (χ1n) is 11.7. The van der Waals surface area contributed by atoms with Crippen LogP contribution in [0.3, 0.4) is 0 Å². The molecule has 4 heterocycles. The van der Waals surface area contributed by atoms with E-state index in [2.05, 4.69) is 20.9 Å². The van der Waals surface area contributed by atoms with E-state index in [1.807, 2.05) is 0 Å². The van der Waals surface area contributed by atoms with Crippen molar-refractivity contribution in [2.24, 2.45) is 0 Å². The topological polar surface area (TPSA) is 135 Å². The zero-order valence-electron chi connectivity index (χ0n) is 20.1. The summed E-state index contributed by atoms with van der Waals surface area (Å²) in [5.41, 5.74) is 0.558. The van der Waals surface area contributed by atoms with E-state index in [9.17, 15) is 22.1 Å². The lowest BCUT2D eigenvalue weighted by molar-refractivity contribution is 0.105. The van der Waals surface area contributed by atoms with E-state index in [1.165, 1.54) is 30.8 Å². The monoisotopic (exact) mass is 539 g/mol. The molecule has 0 atom stereocenters. The molecular weight excluding hydrogens is 514 g/mol. The van der Waals surface area contributed by atoms with Gasteiger partial charge in [-0.1, -0.05) is 18.2 Å². The Balaban J connectivity index is 1.56. The van der Waals surface area contributed by atoms with Gasteiger partial charge in [-0.15, -0.1) is 0 Å². The van der Waals surface area contributed by atoms with E-state index in [0.717, 1.165) is 3.97 Å². The molecule has 1 saturated heterocycles. The molecule has 1 aliphatic heterocycles. The number of hydrogen-bond acceptors (Lipinski definition) is 9. The highest BCUT2D eigenvalue weighted by atomic mass is 32.2. The maximum Gasteiger partial charge on any atom is 0.269 e. The molecule has 0 bridgehead atoms. The third-order valence-electron chi connectivity index (χ3n) is 6.47. The molecular formula is C25H25N5O5S2. The minimum absolute atomic E-state index is 0.0621. The average molecular weight is 540 g/mol. The Labute approximate surface area is 215 Å². The van der Waals surface area contributed by atoms with E-state index < -0.39 is 19.9 Å². The van der Waals surface area contributed by atoms with Gasteiger partial charge in [-0.2, -0.15) is 5.26 Å². The zero-order valence-corrected chi connectivity index (χ0v) is 21.7. The number of likely N-dealkylation sites (tertiary alicyclic amines) is 1. The molecule has 0 saturated carbocycles. The number of sulfone groups is 1. The van der Waals surface area contributed by atoms with Gasteiger partial charge in [-0.25, -0.2) is 30.8 Å². The van der Waals surface area contributed by atoms with Gasteiger partial charge in [0.15, 0.2) is 17.1 Å². The summed E-state index contributed by atoms with van der Waals surface area (Å²) < 4.78 is 57.9. The van der Waals surface area contributed by atoms with Crippen LogP contribution in [0.25, 0.3) is 21.9 Å². The number of benzene rings is 1. The van der Waals surface area contributed by atoms with Gasteiger partial charge in [-0.3, -0.25) is 0 Å². The maximum atomic E-state index is 13.7. The molecule has 192 valence electrons. The second kappa shape index (κ2) is 9.74. The molecule has 3 aromatic heterocycles. The van der Waals surface area contributed by atoms with E-state index in [-0.39, 0.29) is 39.4 Å². The van der Waals surface area contributed by atoms with Gasteiger partial charge >= 0.3 is 0 Å². The van der Waals surface area contributed by atoms with Gasteiger partial charge in [0.05, 0.1) is 27.7 Å². The summed E-state index contributed by atoms with van der Waals surface area (Å²) in [5.74, 6) is 0.331. The highest BCUT2D eigenvalue weighted by molar-refractivity contribution is 7.90. The van der Waals surface area contributed by atoms with Crippen LogP contribution >= 0.6 is 0 Å². The minimum Gasteiger partial charge on any atom is -0.487 e. The van der Waals surface area contributed by atoms with Crippen LogP contribution < -0.4 is 4.74 Å². The van der Waals surface area contributed by atoms with Crippen LogP contribution in [-0.2, 0) is 19.9 Å². The molecule has 1 aromatic carbocycles. The lowest BCUT2D eigenvalue weighted by Gasteiger charge is -2.32. The Kier molecular flexibility index (Phi) is 6.61. The minimum atomic E-state index is -4.02. The molecule has 0 spiro atoms. The molecule has 0 unspecified atom stereocenters. The van der Waals surface area contributed by atoms with Gasteiger partial charge in [0.2, 0.25) is 0 Å². The normalized spacial score (nSPS) is 15.7. The number of fused-ring (bicyclic) bond motifs is 3. The first kappa shape index (κ1) is 25.1. The van der Waals surface area contributed by atoms with Crippen molar-refractivity contribution in [2.45, 2.75) is 23.8 Å². The lowest BCUT2D eigenvalue weighted by Crippen LogP contribution is -2.40. The van der Waals surface area contributed by atoms with Crippen molar-refractivity contribution in [3.63, 3.8) is 0 Å². The summed E-state index contributed by atoms with van der Waals surface area (Å²) in [6.07, 6.45) is 5.13. The van der Waals surface area contributed by atoms with Crippen LogP contribution in [0.15, 0.2) is 59.8 Å². The van der Waals surface area contributed by atoms with Crippen molar-refractivity contribution in [1.82, 2.24) is 18.8 Å². The number of ether oxygens (including phenoxy) is 1. The highest BCUT2D eigenvalue weighted by Gasteiger charge is 2.29. The predicted molar refractivity (Wildman–Crippen MR) is 139 cm³/mol. The average Bonchev–Trinajstić information content (AvgIpc) is 3.24. The fourth-order valence-electron chi connectivity index (χ4n) is 4.61. The SMILES string of the molecule is CS(=O)(=O)CCN1CCC(Oc2c(C#N)ncc3c2c2cccnc2n3S(=O)(=O)c2ccccc2)CC1. The van der Waals surface area contributed by atoms with E-state index in [1.54, 1.807) is 30.3 Å². The van der Waals surface area contributed by atoms with E-state index in [4.69, 9.17) is 4.74 Å². The van der Waals surface area contributed by atoms with E-state index in [0.29, 0.717) is 43.2 Å². The van der Waals surface area contributed by atoms with Gasteiger partial charge in [0, 0.05) is 37.5 Å². The standard InChI is InChI=1S/C25H25N5O5S2/c1-36(31,32)15-14-29-12-9-18(10-13-29)35-24-21(16-26)28-17-22-23(24)20-8-5-11-27-25(20)30(22)37(33,34)19-6-3-2-4-7-19/h2-8,11,17-18H,9-10,12-15H2,1H3. The molecule has 5 rings (SSSR count). The van der Waals surface area contributed by atoms with Crippen LogP contribution in [0.4, 0.5) is 0 Å². The molecule has 10 nitrogen and oxygen atoms in total. The number of aromatic nitrogens is 3. The summed E-state index contributed by atoms with van der Waals surface area (Å²) >= 11 is 0. The number of pyridine rings is 2. The van der Waals surface area contributed by atoms with Crippen molar-refractivity contribution >= 4 is 41.8 Å². The van der Waals surface area contributed by atoms with Gasteiger partial charge < -0.3 is 9.64 Å². The maximum absolute atomic E-state index is 13.7. The second-order valence-electron chi connectivity index (χ2n) is 9.05. The molecule has 1 fully saturated rings. The van der Waals surface area contributed by atoms with E-state index >= 15 is 0 Å². The van der Waals surface area contributed by atoms with Crippen molar-refractivity contribution in [3.8, 4) is 11.8 Å². The summed E-state index contributed by atoms with van der Waals surface area (Å²) in [7, 11) is -7.07. The summed E-state index contributed by atoms with van der Waals surface area (Å²) in [4.78, 5) is 10.8. The van der Waals surface area contributed by atoms with Crippen molar-refractivity contribution < 1.29 is 21.6 Å². The summed E-state index contributed by atoms with van der Waals surface area (Å²) in [5, 5.41) is 10.8. The summed E-state index contributed by atoms with van der Waals surface area (Å²) in [6, 6.07) is 13.6. The van der Waals surface area contributed by atoms with Crippen molar-refractivity contribution in [2.75, 3.05) is 31.6 Å². The zero-order chi connectivity index (χ0) is 26.2. The molecule has 0 N–H and O–H groups in total. The Bertz CT molecular complexity index is 1720. The Morgan fingerprint density at radius 1 is 1.05 bits per heavy atom. The summed E-state index contributed by atoms with van der Waals surface area (Å²) in [6.45, 7) is 1.76. The first-order valence-corrected chi connectivity index (χ1v) is 15.2. The fraction of sp³-hybridized carbons (Fsp3) is 0.320. The molecule has 0 amide bonds. The van der Waals surface area contributed by atoms with Crippen molar-refractivity contribution in [3.05, 3.63) is 60.6 Å². The third-order valence-corrected chi connectivity index (χ3v) is 9.11. The van der Waals surface area contributed by atoms with Gasteiger partial charge in [-0.05, 0) is 37.1 Å². The molecule has 37 heavy (non-hydrogen) atoms. The van der Waals surface area contributed by atoms with Crippen LogP contribution in [0.1, 0.15) is 18.5 Å². The van der Waals surface area contributed by atoms with Crippen LogP contribution in [0, 0.1) is 11.3 Å². The molecule has 12 heteroatoms. The quantitative estimate of drug-likeness (QED) is 0.347. The predicted octanol–water partition coefficient (Wildman–Crippen LogP) is 2.58. The van der Waals surface area contributed by atoms with Crippen LogP contribution in [0.2, 0.25) is 0 Å². The third kappa shape index (κ3) is 4.90. The smallest absolute Gasteiger partial charge is 0.269 e.